The fraction of sp³-hybridized carbons (Fsp3) is 0.571. The van der Waals surface area contributed by atoms with Crippen molar-refractivity contribution in [2.24, 2.45) is 5.92 Å². The van der Waals surface area contributed by atoms with Crippen LogP contribution in [0.1, 0.15) is 29.9 Å². The van der Waals surface area contributed by atoms with Crippen molar-refractivity contribution in [3.8, 4) is 0 Å². The maximum absolute atomic E-state index is 9.64. The molecule has 0 spiro atoms. The zero-order chi connectivity index (χ0) is 11.4. The van der Waals surface area contributed by atoms with Crippen LogP contribution in [-0.2, 0) is 0 Å². The van der Waals surface area contributed by atoms with Crippen LogP contribution in [0.15, 0.2) is 24.3 Å². The molecule has 0 aliphatic carbocycles. The quantitative estimate of drug-likeness (QED) is 0.815. The average Bonchev–Trinajstić information content (AvgIpc) is 2.34. The average molecular weight is 219 g/mol. The van der Waals surface area contributed by atoms with E-state index in [9.17, 15) is 5.11 Å². The molecule has 1 aromatic carbocycles. The highest BCUT2D eigenvalue weighted by Gasteiger charge is 2.25. The maximum Gasteiger partial charge on any atom is 0.0502 e. The van der Waals surface area contributed by atoms with E-state index in [0.717, 1.165) is 13.1 Å². The van der Waals surface area contributed by atoms with E-state index in [1.807, 2.05) is 0 Å². The van der Waals surface area contributed by atoms with E-state index in [2.05, 4.69) is 36.5 Å². The van der Waals surface area contributed by atoms with E-state index in [1.165, 1.54) is 24.0 Å². The molecule has 0 aromatic heterocycles. The lowest BCUT2D eigenvalue weighted by atomic mass is 9.79. The lowest BCUT2D eigenvalue weighted by molar-refractivity contribution is 0.201. The second-order valence-electron chi connectivity index (χ2n) is 4.73. The molecule has 1 aromatic rings. The second-order valence-corrected chi connectivity index (χ2v) is 4.73. The molecule has 1 atom stereocenters. The molecule has 2 heteroatoms. The molecule has 2 nitrogen and oxygen atoms in total. The van der Waals surface area contributed by atoms with Crippen molar-refractivity contribution in [2.75, 3.05) is 19.7 Å². The molecule has 1 unspecified atom stereocenters. The van der Waals surface area contributed by atoms with Crippen molar-refractivity contribution in [2.45, 2.75) is 25.7 Å². The molecule has 1 saturated heterocycles. The number of piperidine rings is 1. The molecule has 1 aliphatic heterocycles. The van der Waals surface area contributed by atoms with Gasteiger partial charge in [-0.05, 0) is 49.9 Å². The third-order valence-electron chi connectivity index (χ3n) is 3.74. The molecular weight excluding hydrogens is 198 g/mol. The van der Waals surface area contributed by atoms with E-state index < -0.39 is 0 Å². The van der Waals surface area contributed by atoms with Crippen LogP contribution in [-0.4, -0.2) is 24.8 Å². The zero-order valence-electron chi connectivity index (χ0n) is 9.95. The number of hydrogen-bond acceptors (Lipinski definition) is 2. The summed E-state index contributed by atoms with van der Waals surface area (Å²) in [7, 11) is 0. The van der Waals surface area contributed by atoms with Gasteiger partial charge in [-0.2, -0.15) is 0 Å². The minimum atomic E-state index is 0.273. The summed E-state index contributed by atoms with van der Waals surface area (Å²) in [5.41, 5.74) is 2.64. The molecular formula is C14H21NO. The van der Waals surface area contributed by atoms with E-state index in [4.69, 9.17) is 0 Å². The number of aliphatic hydroxyl groups excluding tert-OH is 1. The van der Waals surface area contributed by atoms with E-state index in [-0.39, 0.29) is 6.61 Å². The minimum Gasteiger partial charge on any atom is -0.396 e. The summed E-state index contributed by atoms with van der Waals surface area (Å²) < 4.78 is 0. The van der Waals surface area contributed by atoms with Gasteiger partial charge in [0.1, 0.15) is 0 Å². The first-order valence-electron chi connectivity index (χ1n) is 6.20. The second kappa shape index (κ2) is 5.46. The topological polar surface area (TPSA) is 32.3 Å². The van der Waals surface area contributed by atoms with Crippen LogP contribution < -0.4 is 5.32 Å². The number of hydrogen-bond donors (Lipinski definition) is 2. The van der Waals surface area contributed by atoms with Crippen molar-refractivity contribution < 1.29 is 5.11 Å². The highest BCUT2D eigenvalue weighted by molar-refractivity contribution is 5.29. The van der Waals surface area contributed by atoms with Gasteiger partial charge in [-0.1, -0.05) is 24.3 Å². The summed E-state index contributed by atoms with van der Waals surface area (Å²) >= 11 is 0. The van der Waals surface area contributed by atoms with Crippen LogP contribution >= 0.6 is 0 Å². The highest BCUT2D eigenvalue weighted by Crippen LogP contribution is 2.32. The third-order valence-corrected chi connectivity index (χ3v) is 3.74. The Balaban J connectivity index is 2.18. The summed E-state index contributed by atoms with van der Waals surface area (Å²) in [6.07, 6.45) is 2.36. The largest absolute Gasteiger partial charge is 0.396 e. The number of nitrogens with one attached hydrogen (secondary N) is 1. The number of aryl methyl sites for hydroxylation is 1. The predicted octanol–water partition coefficient (Wildman–Crippen LogP) is 2.07. The molecule has 1 heterocycles. The van der Waals surface area contributed by atoms with Gasteiger partial charge in [0.15, 0.2) is 0 Å². The first-order chi connectivity index (χ1) is 7.83. The molecule has 2 N–H and O–H groups in total. The van der Waals surface area contributed by atoms with Crippen LogP contribution in [0.5, 0.6) is 0 Å². The molecule has 0 radical (unpaired) electrons. The Kier molecular flexibility index (Phi) is 3.97. The van der Waals surface area contributed by atoms with E-state index >= 15 is 0 Å². The van der Waals surface area contributed by atoms with Gasteiger partial charge < -0.3 is 10.4 Å². The summed E-state index contributed by atoms with van der Waals surface area (Å²) in [5, 5.41) is 13.0. The van der Waals surface area contributed by atoms with Crippen LogP contribution in [0.2, 0.25) is 0 Å². The molecule has 1 fully saturated rings. The van der Waals surface area contributed by atoms with Crippen LogP contribution in [0, 0.1) is 12.8 Å². The smallest absolute Gasteiger partial charge is 0.0502 e. The van der Waals surface area contributed by atoms with Gasteiger partial charge in [-0.3, -0.25) is 0 Å². The molecule has 2 rings (SSSR count). The van der Waals surface area contributed by atoms with Gasteiger partial charge in [-0.15, -0.1) is 0 Å². The fourth-order valence-electron chi connectivity index (χ4n) is 2.75. The van der Waals surface area contributed by atoms with Crippen molar-refractivity contribution in [3.63, 3.8) is 0 Å². The summed E-state index contributed by atoms with van der Waals surface area (Å²) in [4.78, 5) is 0. The van der Waals surface area contributed by atoms with Crippen LogP contribution in [0.4, 0.5) is 0 Å². The first kappa shape index (κ1) is 11.6. The Hall–Kier alpha value is -0.860. The van der Waals surface area contributed by atoms with Gasteiger partial charge in [0.05, 0.1) is 6.61 Å². The monoisotopic (exact) mass is 219 g/mol. The van der Waals surface area contributed by atoms with Gasteiger partial charge in [0.25, 0.3) is 0 Å². The first-order valence-corrected chi connectivity index (χ1v) is 6.20. The SMILES string of the molecule is Cc1ccccc1C(CO)C1CCNCC1. The highest BCUT2D eigenvalue weighted by atomic mass is 16.3. The van der Waals surface area contributed by atoms with Crippen LogP contribution in [0.3, 0.4) is 0 Å². The molecule has 16 heavy (non-hydrogen) atoms. The number of rotatable bonds is 3. The normalized spacial score (nSPS) is 19.6. The molecule has 0 amide bonds. The zero-order valence-corrected chi connectivity index (χ0v) is 9.95. The van der Waals surface area contributed by atoms with Gasteiger partial charge >= 0.3 is 0 Å². The Morgan fingerprint density at radius 2 is 2.00 bits per heavy atom. The maximum atomic E-state index is 9.64. The summed E-state index contributed by atoms with van der Waals surface area (Å²) in [5.74, 6) is 0.954. The van der Waals surface area contributed by atoms with Crippen molar-refractivity contribution in [3.05, 3.63) is 35.4 Å². The standard InChI is InChI=1S/C14H21NO/c1-11-4-2-3-5-13(11)14(10-16)12-6-8-15-9-7-12/h2-5,12,14-16H,6-10H2,1H3. The molecule has 1 aliphatic rings. The Labute approximate surface area is 97.7 Å². The van der Waals surface area contributed by atoms with Crippen molar-refractivity contribution in [1.82, 2.24) is 5.32 Å². The Morgan fingerprint density at radius 1 is 1.31 bits per heavy atom. The summed E-state index contributed by atoms with van der Waals surface area (Å²) in [6.45, 7) is 4.59. The molecule has 0 saturated carbocycles. The Bertz CT molecular complexity index is 331. The fourth-order valence-corrected chi connectivity index (χ4v) is 2.75. The van der Waals surface area contributed by atoms with Gasteiger partial charge in [-0.25, -0.2) is 0 Å². The lowest BCUT2D eigenvalue weighted by Gasteiger charge is -2.30. The number of aliphatic hydroxyl groups is 1. The minimum absolute atomic E-state index is 0.273. The van der Waals surface area contributed by atoms with E-state index in [0.29, 0.717) is 11.8 Å². The third kappa shape index (κ3) is 2.45. The number of benzene rings is 1. The van der Waals surface area contributed by atoms with E-state index in [1.54, 1.807) is 0 Å². The lowest BCUT2D eigenvalue weighted by Crippen LogP contribution is -2.32. The molecule has 0 bridgehead atoms. The predicted molar refractivity (Wildman–Crippen MR) is 66.6 cm³/mol. The van der Waals surface area contributed by atoms with Crippen molar-refractivity contribution in [1.29, 1.82) is 0 Å². The molecule has 88 valence electrons. The van der Waals surface area contributed by atoms with Gasteiger partial charge in [0.2, 0.25) is 0 Å². The Morgan fingerprint density at radius 3 is 2.62 bits per heavy atom. The summed E-state index contributed by atoms with van der Waals surface area (Å²) in [6, 6.07) is 8.44. The van der Waals surface area contributed by atoms with Crippen molar-refractivity contribution >= 4 is 0 Å². The van der Waals surface area contributed by atoms with Crippen LogP contribution in [0.25, 0.3) is 0 Å². The van der Waals surface area contributed by atoms with Gasteiger partial charge in [0, 0.05) is 5.92 Å².